The summed E-state index contributed by atoms with van der Waals surface area (Å²) in [5.74, 6) is -0.424. The molecule has 0 fully saturated rings. The van der Waals surface area contributed by atoms with Crippen LogP contribution in [0.3, 0.4) is 0 Å². The second-order valence-electron chi connectivity index (χ2n) is 2.69. The molecule has 0 bridgehead atoms. The molecule has 1 atom stereocenters. The lowest BCUT2D eigenvalue weighted by molar-refractivity contribution is -0.145. The lowest BCUT2D eigenvalue weighted by Gasteiger charge is -2.08. The van der Waals surface area contributed by atoms with Crippen molar-refractivity contribution in [3.05, 3.63) is 0 Å². The quantitative estimate of drug-likeness (QED) is 0.357. The maximum absolute atomic E-state index is 11.2. The molecule has 4 nitrogen and oxygen atoms in total. The van der Waals surface area contributed by atoms with Crippen LogP contribution in [0.4, 0.5) is 0 Å². The first-order chi connectivity index (χ1) is 6.26. The second-order valence-corrected chi connectivity index (χ2v) is 2.69. The van der Waals surface area contributed by atoms with E-state index in [-0.39, 0.29) is 0 Å². The first kappa shape index (κ1) is 11.8. The highest BCUT2D eigenvalue weighted by molar-refractivity contribution is 5.76. The fourth-order valence-electron chi connectivity index (χ4n) is 0.871. The molecule has 0 aliphatic rings. The third-order valence-corrected chi connectivity index (χ3v) is 1.49. The standard InChI is InChI=1S/C9H15NO3/c1-3-5-8(10-7-11)9(12)13-6-4-2/h8H,3-6H2,1-2H3. The highest BCUT2D eigenvalue weighted by Crippen LogP contribution is 2.03. The minimum atomic E-state index is -0.658. The highest BCUT2D eigenvalue weighted by atomic mass is 16.5. The number of hydrogen-bond donors (Lipinski definition) is 0. The average Bonchev–Trinajstić information content (AvgIpc) is 2.14. The van der Waals surface area contributed by atoms with Crippen molar-refractivity contribution < 1.29 is 14.3 Å². The predicted octanol–water partition coefficient (Wildman–Crippen LogP) is 1.44. The summed E-state index contributed by atoms with van der Waals surface area (Å²) < 4.78 is 4.85. The molecule has 0 aliphatic heterocycles. The Bertz CT molecular complexity index is 197. The van der Waals surface area contributed by atoms with Gasteiger partial charge in [0, 0.05) is 0 Å². The number of ether oxygens (including phenoxy) is 1. The van der Waals surface area contributed by atoms with Gasteiger partial charge in [-0.1, -0.05) is 20.3 Å². The third-order valence-electron chi connectivity index (χ3n) is 1.49. The van der Waals surface area contributed by atoms with Crippen LogP contribution in [-0.4, -0.2) is 24.7 Å². The first-order valence-electron chi connectivity index (χ1n) is 4.49. The number of nitrogens with zero attached hydrogens (tertiary/aromatic N) is 1. The molecule has 0 amide bonds. The molecule has 13 heavy (non-hydrogen) atoms. The zero-order valence-electron chi connectivity index (χ0n) is 8.08. The smallest absolute Gasteiger partial charge is 0.331 e. The van der Waals surface area contributed by atoms with Gasteiger partial charge in [-0.2, -0.15) is 4.99 Å². The molecule has 0 aromatic heterocycles. The van der Waals surface area contributed by atoms with E-state index in [4.69, 9.17) is 4.74 Å². The monoisotopic (exact) mass is 185 g/mol. The number of hydrogen-bond acceptors (Lipinski definition) is 4. The van der Waals surface area contributed by atoms with Crippen molar-refractivity contribution in [2.24, 2.45) is 4.99 Å². The van der Waals surface area contributed by atoms with Gasteiger partial charge in [-0.15, -0.1) is 0 Å². The van der Waals surface area contributed by atoms with E-state index < -0.39 is 12.0 Å². The fraction of sp³-hybridized carbons (Fsp3) is 0.778. The van der Waals surface area contributed by atoms with Crippen LogP contribution in [0.1, 0.15) is 33.1 Å². The van der Waals surface area contributed by atoms with E-state index in [1.54, 1.807) is 0 Å². The van der Waals surface area contributed by atoms with Crippen LogP contribution < -0.4 is 0 Å². The van der Waals surface area contributed by atoms with E-state index in [9.17, 15) is 9.59 Å². The van der Waals surface area contributed by atoms with Gasteiger partial charge in [0.05, 0.1) is 6.61 Å². The molecule has 0 aromatic carbocycles. The summed E-state index contributed by atoms with van der Waals surface area (Å²) in [5, 5.41) is 0. The van der Waals surface area contributed by atoms with Crippen molar-refractivity contribution in [3.63, 3.8) is 0 Å². The normalized spacial score (nSPS) is 11.5. The number of rotatable bonds is 6. The van der Waals surface area contributed by atoms with Crippen LogP contribution >= 0.6 is 0 Å². The number of carbonyl (C=O) groups is 1. The Morgan fingerprint density at radius 3 is 2.62 bits per heavy atom. The Morgan fingerprint density at radius 2 is 2.15 bits per heavy atom. The van der Waals surface area contributed by atoms with Crippen LogP contribution in [0.5, 0.6) is 0 Å². The van der Waals surface area contributed by atoms with E-state index in [2.05, 4.69) is 4.99 Å². The Balaban J connectivity index is 4.02. The largest absolute Gasteiger partial charge is 0.464 e. The van der Waals surface area contributed by atoms with Gasteiger partial charge < -0.3 is 4.74 Å². The lowest BCUT2D eigenvalue weighted by atomic mass is 10.2. The van der Waals surface area contributed by atoms with Gasteiger partial charge in [-0.25, -0.2) is 9.59 Å². The minimum Gasteiger partial charge on any atom is -0.464 e. The van der Waals surface area contributed by atoms with Crippen LogP contribution in [0.15, 0.2) is 4.99 Å². The maximum Gasteiger partial charge on any atom is 0.331 e. The van der Waals surface area contributed by atoms with Crippen LogP contribution in [0.2, 0.25) is 0 Å². The summed E-state index contributed by atoms with van der Waals surface area (Å²) in [6, 6.07) is -0.658. The van der Waals surface area contributed by atoms with Crippen molar-refractivity contribution in [3.8, 4) is 0 Å². The Morgan fingerprint density at radius 1 is 1.46 bits per heavy atom. The molecule has 4 heteroatoms. The van der Waals surface area contributed by atoms with Gasteiger partial charge in [-0.3, -0.25) is 0 Å². The predicted molar refractivity (Wildman–Crippen MR) is 48.1 cm³/mol. The summed E-state index contributed by atoms with van der Waals surface area (Å²) in [6.45, 7) is 4.21. The fourth-order valence-corrected chi connectivity index (χ4v) is 0.871. The minimum absolute atomic E-state index is 0.382. The van der Waals surface area contributed by atoms with Crippen LogP contribution in [-0.2, 0) is 14.3 Å². The van der Waals surface area contributed by atoms with Gasteiger partial charge in [0.15, 0.2) is 6.04 Å². The van der Waals surface area contributed by atoms with E-state index in [1.807, 2.05) is 13.8 Å². The molecule has 0 rings (SSSR count). The van der Waals surface area contributed by atoms with E-state index in [0.29, 0.717) is 13.0 Å². The second kappa shape index (κ2) is 7.50. The first-order valence-corrected chi connectivity index (χ1v) is 4.49. The number of aliphatic imine (C=N–C) groups is 1. The number of esters is 1. The Hall–Kier alpha value is -1.15. The van der Waals surface area contributed by atoms with Crippen molar-refractivity contribution in [2.45, 2.75) is 39.2 Å². The lowest BCUT2D eigenvalue weighted by Crippen LogP contribution is -2.21. The molecule has 0 saturated heterocycles. The van der Waals surface area contributed by atoms with E-state index in [1.165, 1.54) is 6.08 Å². The van der Waals surface area contributed by atoms with Crippen molar-refractivity contribution >= 4 is 12.0 Å². The zero-order chi connectivity index (χ0) is 10.1. The molecule has 0 aliphatic carbocycles. The van der Waals surface area contributed by atoms with E-state index >= 15 is 0 Å². The molecule has 0 heterocycles. The summed E-state index contributed by atoms with van der Waals surface area (Å²) in [7, 11) is 0. The molecular formula is C9H15NO3. The molecule has 0 N–H and O–H groups in total. The third kappa shape index (κ3) is 5.15. The maximum atomic E-state index is 11.2. The summed E-state index contributed by atoms with van der Waals surface area (Å²) >= 11 is 0. The van der Waals surface area contributed by atoms with E-state index in [0.717, 1.165) is 12.8 Å². The molecular weight excluding hydrogens is 170 g/mol. The molecule has 0 aromatic rings. The Kier molecular flexibility index (Phi) is 6.83. The van der Waals surface area contributed by atoms with Crippen LogP contribution in [0, 0.1) is 0 Å². The molecule has 1 unspecified atom stereocenters. The average molecular weight is 185 g/mol. The summed E-state index contributed by atoms with van der Waals surface area (Å²) in [6.07, 6.45) is 3.49. The van der Waals surface area contributed by atoms with Gasteiger partial charge in [0.1, 0.15) is 0 Å². The Labute approximate surface area is 78.0 Å². The molecule has 0 spiro atoms. The molecule has 0 saturated carbocycles. The molecule has 0 radical (unpaired) electrons. The number of isocyanates is 1. The van der Waals surface area contributed by atoms with Gasteiger partial charge in [0.2, 0.25) is 6.08 Å². The topological polar surface area (TPSA) is 55.7 Å². The highest BCUT2D eigenvalue weighted by Gasteiger charge is 2.17. The van der Waals surface area contributed by atoms with Crippen molar-refractivity contribution in [1.29, 1.82) is 0 Å². The zero-order valence-corrected chi connectivity index (χ0v) is 8.08. The molecule has 74 valence electrons. The summed E-state index contributed by atoms with van der Waals surface area (Å²) in [4.78, 5) is 24.5. The van der Waals surface area contributed by atoms with Gasteiger partial charge >= 0.3 is 5.97 Å². The van der Waals surface area contributed by atoms with Gasteiger partial charge in [-0.05, 0) is 12.8 Å². The number of carbonyl (C=O) groups excluding carboxylic acids is 2. The summed E-state index contributed by atoms with van der Waals surface area (Å²) in [5.41, 5.74) is 0. The van der Waals surface area contributed by atoms with Crippen molar-refractivity contribution in [2.75, 3.05) is 6.61 Å². The van der Waals surface area contributed by atoms with Crippen molar-refractivity contribution in [1.82, 2.24) is 0 Å². The SMILES string of the molecule is CCCOC(=O)C(CCC)N=C=O. The van der Waals surface area contributed by atoms with Gasteiger partial charge in [0.25, 0.3) is 0 Å². The van der Waals surface area contributed by atoms with Crippen LogP contribution in [0.25, 0.3) is 0 Å².